The fourth-order valence-electron chi connectivity index (χ4n) is 1.31. The molecular formula is C12H17O2PS3. The van der Waals surface area contributed by atoms with Crippen molar-refractivity contribution in [3.63, 3.8) is 0 Å². The molecule has 1 aromatic carbocycles. The van der Waals surface area contributed by atoms with Gasteiger partial charge in [0, 0.05) is 20.7 Å². The summed E-state index contributed by atoms with van der Waals surface area (Å²) in [6.07, 6.45) is 0. The molecule has 1 aliphatic rings. The molecule has 2 rings (SSSR count). The largest absolute Gasteiger partial charge is 0.320 e. The van der Waals surface area contributed by atoms with Crippen LogP contribution in [0.3, 0.4) is 0 Å². The minimum Gasteiger partial charge on any atom is -0.320 e. The lowest BCUT2D eigenvalue weighted by Crippen LogP contribution is -2.28. The second kappa shape index (κ2) is 5.86. The third-order valence-electron chi connectivity index (χ3n) is 2.47. The summed E-state index contributed by atoms with van der Waals surface area (Å²) in [5.41, 5.74) is -0.814. The second-order valence-corrected chi connectivity index (χ2v) is 13.2. The Balaban J connectivity index is 1.90. The van der Waals surface area contributed by atoms with Crippen molar-refractivity contribution in [1.29, 1.82) is 0 Å². The lowest BCUT2D eigenvalue weighted by molar-refractivity contribution is 0.0673. The van der Waals surface area contributed by atoms with Crippen molar-refractivity contribution in [2.75, 3.05) is 13.2 Å². The molecule has 18 heavy (non-hydrogen) atoms. The third kappa shape index (κ3) is 4.26. The van der Waals surface area contributed by atoms with Gasteiger partial charge in [-0.25, -0.2) is 0 Å². The standard InChI is InChI=1S/C12H17O2PS3/c1-10-4-6-11(7-5-10)17-18-15(16)13-8-12(2,3)9-14-15/h4-7H,8-9H2,1-3H3. The van der Waals surface area contributed by atoms with E-state index in [2.05, 4.69) is 45.0 Å². The van der Waals surface area contributed by atoms with Gasteiger partial charge in [-0.2, -0.15) is 0 Å². The monoisotopic (exact) mass is 320 g/mol. The average molecular weight is 320 g/mol. The lowest BCUT2D eigenvalue weighted by Gasteiger charge is -2.35. The zero-order valence-electron chi connectivity index (χ0n) is 10.7. The van der Waals surface area contributed by atoms with Gasteiger partial charge in [0.25, 0.3) is 5.69 Å². The molecule has 1 fully saturated rings. The maximum absolute atomic E-state index is 5.77. The molecular weight excluding hydrogens is 303 g/mol. The summed E-state index contributed by atoms with van der Waals surface area (Å²) < 4.78 is 11.5. The van der Waals surface area contributed by atoms with Crippen LogP contribution in [0.2, 0.25) is 0 Å². The minimum atomic E-state index is -2.16. The molecule has 0 N–H and O–H groups in total. The number of hydrogen-bond donors (Lipinski definition) is 0. The molecule has 0 saturated carbocycles. The molecule has 0 spiro atoms. The van der Waals surface area contributed by atoms with Gasteiger partial charge in [0.2, 0.25) is 0 Å². The molecule has 0 aliphatic carbocycles. The van der Waals surface area contributed by atoms with E-state index in [9.17, 15) is 0 Å². The maximum atomic E-state index is 5.77. The fourth-order valence-corrected chi connectivity index (χ4v) is 7.86. The Morgan fingerprint density at radius 3 is 2.28 bits per heavy atom. The molecule has 1 saturated heterocycles. The Kier molecular flexibility index (Phi) is 4.85. The van der Waals surface area contributed by atoms with E-state index in [1.165, 1.54) is 10.5 Å². The van der Waals surface area contributed by atoms with Crippen LogP contribution in [0.1, 0.15) is 19.4 Å². The Bertz CT molecular complexity index is 445. The van der Waals surface area contributed by atoms with E-state index in [4.69, 9.17) is 20.9 Å². The van der Waals surface area contributed by atoms with Gasteiger partial charge in [-0.05, 0) is 41.7 Å². The van der Waals surface area contributed by atoms with Crippen LogP contribution in [0.25, 0.3) is 0 Å². The smallest absolute Gasteiger partial charge is 0.258 e. The molecule has 1 aliphatic heterocycles. The maximum Gasteiger partial charge on any atom is 0.258 e. The summed E-state index contributed by atoms with van der Waals surface area (Å²) in [6.45, 7) is 7.71. The minimum absolute atomic E-state index is 0.0807. The predicted molar refractivity (Wildman–Crippen MR) is 84.6 cm³/mol. The van der Waals surface area contributed by atoms with E-state index in [0.29, 0.717) is 13.2 Å². The summed E-state index contributed by atoms with van der Waals surface area (Å²) in [4.78, 5) is 1.19. The van der Waals surface area contributed by atoms with E-state index >= 15 is 0 Å². The molecule has 100 valence electrons. The van der Waals surface area contributed by atoms with Gasteiger partial charge in [0.05, 0.1) is 13.2 Å². The van der Waals surface area contributed by atoms with E-state index in [1.807, 2.05) is 0 Å². The molecule has 0 aromatic heterocycles. The van der Waals surface area contributed by atoms with E-state index in [1.54, 1.807) is 21.2 Å². The van der Waals surface area contributed by atoms with Crippen LogP contribution in [0.4, 0.5) is 0 Å². The van der Waals surface area contributed by atoms with Gasteiger partial charge in [0.1, 0.15) is 0 Å². The summed E-state index contributed by atoms with van der Waals surface area (Å²) in [5.74, 6) is 0. The van der Waals surface area contributed by atoms with Crippen LogP contribution in [0.5, 0.6) is 0 Å². The number of rotatable bonds is 3. The average Bonchev–Trinajstić information content (AvgIpc) is 2.33. The topological polar surface area (TPSA) is 18.5 Å². The molecule has 0 radical (unpaired) electrons. The van der Waals surface area contributed by atoms with E-state index < -0.39 is 5.69 Å². The summed E-state index contributed by atoms with van der Waals surface area (Å²) in [5, 5.41) is 0. The summed E-state index contributed by atoms with van der Waals surface area (Å²) >= 11 is 5.49. The summed E-state index contributed by atoms with van der Waals surface area (Å²) in [6, 6.07) is 8.40. The Labute approximate surface area is 122 Å². The van der Waals surface area contributed by atoms with Gasteiger partial charge >= 0.3 is 0 Å². The zero-order chi connectivity index (χ0) is 13.2. The molecule has 2 nitrogen and oxygen atoms in total. The van der Waals surface area contributed by atoms with Crippen molar-refractivity contribution >= 4 is 38.7 Å². The SMILES string of the molecule is Cc1ccc(SSP2(=S)OCC(C)(C)CO2)cc1. The molecule has 1 aromatic rings. The molecule has 0 unspecified atom stereocenters. The summed E-state index contributed by atoms with van der Waals surface area (Å²) in [7, 11) is 3.20. The van der Waals surface area contributed by atoms with Crippen molar-refractivity contribution in [1.82, 2.24) is 0 Å². The van der Waals surface area contributed by atoms with Crippen LogP contribution < -0.4 is 0 Å². The zero-order valence-corrected chi connectivity index (χ0v) is 14.1. The van der Waals surface area contributed by atoms with Crippen LogP contribution in [-0.4, -0.2) is 13.2 Å². The third-order valence-corrected chi connectivity index (χ3v) is 10.7. The van der Waals surface area contributed by atoms with Crippen LogP contribution in [0, 0.1) is 12.3 Å². The van der Waals surface area contributed by atoms with Gasteiger partial charge in [0.15, 0.2) is 0 Å². The molecule has 0 amide bonds. The van der Waals surface area contributed by atoms with E-state index in [0.717, 1.165) is 0 Å². The van der Waals surface area contributed by atoms with Gasteiger partial charge in [-0.15, -0.1) is 0 Å². The van der Waals surface area contributed by atoms with Crippen LogP contribution in [0.15, 0.2) is 29.2 Å². The lowest BCUT2D eigenvalue weighted by atomic mass is 9.97. The highest BCUT2D eigenvalue weighted by Gasteiger charge is 2.34. The van der Waals surface area contributed by atoms with Crippen molar-refractivity contribution < 1.29 is 9.05 Å². The van der Waals surface area contributed by atoms with Crippen LogP contribution in [-0.2, 0) is 20.9 Å². The van der Waals surface area contributed by atoms with Gasteiger partial charge < -0.3 is 9.05 Å². The first-order chi connectivity index (χ1) is 8.39. The number of aryl methyl sites for hydroxylation is 1. The van der Waals surface area contributed by atoms with Gasteiger partial charge in [-0.1, -0.05) is 31.5 Å². The Morgan fingerprint density at radius 1 is 1.17 bits per heavy atom. The van der Waals surface area contributed by atoms with Crippen molar-refractivity contribution in [2.24, 2.45) is 5.41 Å². The normalized spacial score (nSPS) is 21.7. The highest BCUT2D eigenvalue weighted by molar-refractivity contribution is 9.03. The van der Waals surface area contributed by atoms with E-state index in [-0.39, 0.29) is 5.41 Å². The van der Waals surface area contributed by atoms with Gasteiger partial charge in [-0.3, -0.25) is 0 Å². The highest BCUT2D eigenvalue weighted by atomic mass is 33.4. The van der Waals surface area contributed by atoms with Crippen LogP contribution >= 0.6 is 26.9 Å². The van der Waals surface area contributed by atoms with Crippen molar-refractivity contribution in [3.05, 3.63) is 29.8 Å². The van der Waals surface area contributed by atoms with Crippen molar-refractivity contribution in [3.8, 4) is 0 Å². The molecule has 1 heterocycles. The second-order valence-electron chi connectivity index (χ2n) is 5.13. The Morgan fingerprint density at radius 2 is 1.72 bits per heavy atom. The fraction of sp³-hybridized carbons (Fsp3) is 0.500. The molecule has 6 heteroatoms. The first-order valence-electron chi connectivity index (χ1n) is 5.71. The molecule has 0 atom stereocenters. The number of hydrogen-bond acceptors (Lipinski definition) is 5. The quantitative estimate of drug-likeness (QED) is 0.572. The first-order valence-corrected chi connectivity index (χ1v) is 11.1. The predicted octanol–water partition coefficient (Wildman–Crippen LogP) is 5.03. The first kappa shape index (κ1) is 14.9. The Hall–Kier alpha value is 0.490. The van der Waals surface area contributed by atoms with Crippen molar-refractivity contribution in [2.45, 2.75) is 25.7 Å². The number of benzene rings is 1. The highest BCUT2D eigenvalue weighted by Crippen LogP contribution is 2.69. The molecule has 0 bridgehead atoms.